The largest absolute Gasteiger partial charge is 0.490 e. The number of benzene rings is 1. The van der Waals surface area contributed by atoms with E-state index >= 15 is 0 Å². The minimum Gasteiger partial charge on any atom is -0.490 e. The van der Waals surface area contributed by atoms with Crippen LogP contribution in [0, 0.1) is 0 Å². The van der Waals surface area contributed by atoms with Gasteiger partial charge in [0.1, 0.15) is 5.01 Å². The molecule has 2 N–H and O–H groups in total. The summed E-state index contributed by atoms with van der Waals surface area (Å²) in [6, 6.07) is 5.05. The van der Waals surface area contributed by atoms with Gasteiger partial charge in [0.25, 0.3) is 5.91 Å². The van der Waals surface area contributed by atoms with Crippen LogP contribution in [0.3, 0.4) is 0 Å². The van der Waals surface area contributed by atoms with E-state index < -0.39 is 5.97 Å². The first-order valence-corrected chi connectivity index (χ1v) is 9.28. The van der Waals surface area contributed by atoms with Crippen molar-refractivity contribution in [3.63, 3.8) is 0 Å². The van der Waals surface area contributed by atoms with Crippen molar-refractivity contribution in [2.75, 3.05) is 13.2 Å². The fraction of sp³-hybridized carbons (Fsp3) is 0.389. The molecule has 0 saturated heterocycles. The average Bonchev–Trinajstić information content (AvgIpc) is 3.12. The molecule has 1 amide bonds. The van der Waals surface area contributed by atoms with Crippen molar-refractivity contribution in [1.82, 2.24) is 10.3 Å². The molecule has 0 spiro atoms. The lowest BCUT2D eigenvalue weighted by Crippen LogP contribution is -2.23. The zero-order valence-electron chi connectivity index (χ0n) is 14.8. The molecule has 0 unspecified atom stereocenters. The highest BCUT2D eigenvalue weighted by Gasteiger charge is 2.13. The molecular formula is C18H22N2O5S. The van der Waals surface area contributed by atoms with Crippen molar-refractivity contribution in [1.29, 1.82) is 0 Å². The Hall–Kier alpha value is -2.61. The number of carbonyl (C=O) groups excluding carboxylic acids is 1. The maximum absolute atomic E-state index is 12.4. The Balaban J connectivity index is 2.05. The second-order valence-electron chi connectivity index (χ2n) is 5.47. The zero-order valence-corrected chi connectivity index (χ0v) is 15.6. The van der Waals surface area contributed by atoms with Gasteiger partial charge >= 0.3 is 5.97 Å². The van der Waals surface area contributed by atoms with E-state index in [0.717, 1.165) is 12.8 Å². The van der Waals surface area contributed by atoms with Crippen LogP contribution >= 0.6 is 11.3 Å². The lowest BCUT2D eigenvalue weighted by Gasteiger charge is -2.13. The van der Waals surface area contributed by atoms with Crippen LogP contribution in [0.4, 0.5) is 0 Å². The molecule has 2 rings (SSSR count). The maximum atomic E-state index is 12.4. The van der Waals surface area contributed by atoms with E-state index in [1.54, 1.807) is 18.2 Å². The topological polar surface area (TPSA) is 97.8 Å². The Labute approximate surface area is 156 Å². The molecule has 140 valence electrons. The van der Waals surface area contributed by atoms with E-state index in [0.29, 0.717) is 35.3 Å². The number of hydrogen-bond donors (Lipinski definition) is 2. The predicted octanol–water partition coefficient (Wildman–Crippen LogP) is 3.35. The standard InChI is InChI=1S/C18H22N2O5S/c1-3-7-24-14-6-5-12(9-15(14)25-8-4-2)17(21)19-10-16-20-13(11-26-16)18(22)23/h5-6,9,11H,3-4,7-8,10H2,1-2H3,(H,19,21)(H,22,23). The second-order valence-corrected chi connectivity index (χ2v) is 6.42. The molecule has 0 aliphatic rings. The monoisotopic (exact) mass is 378 g/mol. The van der Waals surface area contributed by atoms with Gasteiger partial charge in [-0.3, -0.25) is 4.79 Å². The highest BCUT2D eigenvalue weighted by atomic mass is 32.1. The summed E-state index contributed by atoms with van der Waals surface area (Å²) in [6.07, 6.45) is 1.72. The van der Waals surface area contributed by atoms with E-state index in [4.69, 9.17) is 14.6 Å². The molecule has 0 atom stereocenters. The molecular weight excluding hydrogens is 356 g/mol. The number of nitrogens with zero attached hydrogens (tertiary/aromatic N) is 1. The molecule has 0 aliphatic heterocycles. The summed E-state index contributed by atoms with van der Waals surface area (Å²) in [4.78, 5) is 27.1. The summed E-state index contributed by atoms with van der Waals surface area (Å²) in [5, 5.41) is 13.6. The van der Waals surface area contributed by atoms with Gasteiger partial charge < -0.3 is 19.9 Å². The summed E-state index contributed by atoms with van der Waals surface area (Å²) >= 11 is 1.19. The van der Waals surface area contributed by atoms with Crippen molar-refractivity contribution in [3.8, 4) is 11.5 Å². The van der Waals surface area contributed by atoms with Crippen LogP contribution in [-0.4, -0.2) is 35.2 Å². The van der Waals surface area contributed by atoms with Crippen molar-refractivity contribution in [3.05, 3.63) is 39.8 Å². The Bertz CT molecular complexity index is 760. The number of amides is 1. The zero-order chi connectivity index (χ0) is 18.9. The lowest BCUT2D eigenvalue weighted by atomic mass is 10.2. The van der Waals surface area contributed by atoms with Gasteiger partial charge in [-0.15, -0.1) is 11.3 Å². The highest BCUT2D eigenvalue weighted by Crippen LogP contribution is 2.29. The van der Waals surface area contributed by atoms with Crippen LogP contribution in [0.15, 0.2) is 23.6 Å². The summed E-state index contributed by atoms with van der Waals surface area (Å²) in [5.74, 6) is -0.224. The molecule has 8 heteroatoms. The Kier molecular flexibility index (Phi) is 7.40. The smallest absolute Gasteiger partial charge is 0.355 e. The quantitative estimate of drug-likeness (QED) is 0.658. The van der Waals surface area contributed by atoms with Crippen LogP contribution in [0.1, 0.15) is 52.5 Å². The first-order valence-electron chi connectivity index (χ1n) is 8.40. The van der Waals surface area contributed by atoms with E-state index in [1.807, 2.05) is 13.8 Å². The fourth-order valence-electron chi connectivity index (χ4n) is 2.05. The summed E-state index contributed by atoms with van der Waals surface area (Å²) in [6.45, 7) is 5.29. The molecule has 7 nitrogen and oxygen atoms in total. The average molecular weight is 378 g/mol. The van der Waals surface area contributed by atoms with Gasteiger partial charge in [0.15, 0.2) is 17.2 Å². The molecule has 0 saturated carbocycles. The number of nitrogens with one attached hydrogen (secondary N) is 1. The van der Waals surface area contributed by atoms with Crippen molar-refractivity contribution in [2.24, 2.45) is 0 Å². The minimum atomic E-state index is -1.08. The van der Waals surface area contributed by atoms with Crippen LogP contribution in [0.2, 0.25) is 0 Å². The number of ether oxygens (including phenoxy) is 2. The Morgan fingerprint density at radius 2 is 1.85 bits per heavy atom. The molecule has 0 aliphatic carbocycles. The third-order valence-electron chi connectivity index (χ3n) is 3.30. The van der Waals surface area contributed by atoms with Gasteiger partial charge in [0.2, 0.25) is 0 Å². The van der Waals surface area contributed by atoms with Crippen LogP contribution < -0.4 is 14.8 Å². The van der Waals surface area contributed by atoms with E-state index in [1.165, 1.54) is 16.7 Å². The van der Waals surface area contributed by atoms with Gasteiger partial charge in [-0.2, -0.15) is 0 Å². The summed E-state index contributed by atoms with van der Waals surface area (Å²) in [5.41, 5.74) is 0.418. The van der Waals surface area contributed by atoms with Crippen molar-refractivity contribution < 1.29 is 24.2 Å². The molecule has 0 bridgehead atoms. The normalized spacial score (nSPS) is 10.4. The van der Waals surface area contributed by atoms with E-state index in [2.05, 4.69) is 10.3 Å². The van der Waals surface area contributed by atoms with Gasteiger partial charge in [-0.25, -0.2) is 9.78 Å². The number of thiazole rings is 1. The van der Waals surface area contributed by atoms with Crippen LogP contribution in [-0.2, 0) is 6.54 Å². The van der Waals surface area contributed by atoms with Gasteiger partial charge in [-0.05, 0) is 31.0 Å². The third-order valence-corrected chi connectivity index (χ3v) is 4.15. The van der Waals surface area contributed by atoms with Crippen molar-refractivity contribution in [2.45, 2.75) is 33.2 Å². The number of carboxylic acid groups (broad SMARTS) is 1. The van der Waals surface area contributed by atoms with Crippen LogP contribution in [0.5, 0.6) is 11.5 Å². The van der Waals surface area contributed by atoms with Gasteiger partial charge in [0, 0.05) is 10.9 Å². The van der Waals surface area contributed by atoms with E-state index in [-0.39, 0.29) is 18.1 Å². The number of aromatic nitrogens is 1. The summed E-state index contributed by atoms with van der Waals surface area (Å²) < 4.78 is 11.3. The molecule has 1 heterocycles. The SMILES string of the molecule is CCCOc1ccc(C(=O)NCc2nc(C(=O)O)cs2)cc1OCCC. The second kappa shape index (κ2) is 9.76. The first-order chi connectivity index (χ1) is 12.5. The number of rotatable bonds is 10. The molecule has 26 heavy (non-hydrogen) atoms. The Morgan fingerprint density at radius 3 is 2.46 bits per heavy atom. The minimum absolute atomic E-state index is 0.0214. The molecule has 0 radical (unpaired) electrons. The predicted molar refractivity (Wildman–Crippen MR) is 98.3 cm³/mol. The third kappa shape index (κ3) is 5.45. The molecule has 2 aromatic rings. The van der Waals surface area contributed by atoms with Gasteiger partial charge in [-0.1, -0.05) is 13.8 Å². The fourth-order valence-corrected chi connectivity index (χ4v) is 2.76. The summed E-state index contributed by atoms with van der Waals surface area (Å²) in [7, 11) is 0. The highest BCUT2D eigenvalue weighted by molar-refractivity contribution is 7.09. The van der Waals surface area contributed by atoms with E-state index in [9.17, 15) is 9.59 Å². The maximum Gasteiger partial charge on any atom is 0.355 e. The Morgan fingerprint density at radius 1 is 1.15 bits per heavy atom. The molecule has 1 aromatic heterocycles. The number of aromatic carboxylic acids is 1. The number of hydrogen-bond acceptors (Lipinski definition) is 6. The number of carboxylic acids is 1. The molecule has 1 aromatic carbocycles. The number of carbonyl (C=O) groups is 2. The van der Waals surface area contributed by atoms with Crippen molar-refractivity contribution >= 4 is 23.2 Å². The van der Waals surface area contributed by atoms with Gasteiger partial charge in [0.05, 0.1) is 19.8 Å². The molecule has 0 fully saturated rings. The first kappa shape index (κ1) is 19.7. The lowest BCUT2D eigenvalue weighted by molar-refractivity contribution is 0.0691. The van der Waals surface area contributed by atoms with Crippen LogP contribution in [0.25, 0.3) is 0 Å².